The van der Waals surface area contributed by atoms with E-state index in [1.54, 1.807) is 18.2 Å². The van der Waals surface area contributed by atoms with Crippen LogP contribution in [-0.2, 0) is 0 Å². The molecule has 0 amide bonds. The monoisotopic (exact) mass is 285 g/mol. The van der Waals surface area contributed by atoms with Crippen molar-refractivity contribution in [3.05, 3.63) is 64.2 Å². The lowest BCUT2D eigenvalue weighted by Gasteiger charge is -2.26. The first-order chi connectivity index (χ1) is 9.65. The van der Waals surface area contributed by atoms with Crippen LogP contribution >= 0.6 is 11.6 Å². The molecule has 2 N–H and O–H groups in total. The SMILES string of the molecule is Nc1cc(C(=O)c2cccc(C3CCC3)c2)ccc1Cl. The fourth-order valence-electron chi connectivity index (χ4n) is 2.53. The second-order valence-corrected chi connectivity index (χ2v) is 5.73. The predicted molar refractivity (Wildman–Crippen MR) is 82.3 cm³/mol. The second-order valence-electron chi connectivity index (χ2n) is 5.32. The summed E-state index contributed by atoms with van der Waals surface area (Å²) in [6, 6.07) is 13.0. The van der Waals surface area contributed by atoms with E-state index in [0.29, 0.717) is 22.2 Å². The first-order valence-electron chi connectivity index (χ1n) is 6.85. The topological polar surface area (TPSA) is 43.1 Å². The Balaban J connectivity index is 1.91. The molecule has 3 rings (SSSR count). The summed E-state index contributed by atoms with van der Waals surface area (Å²) in [6.45, 7) is 0. The van der Waals surface area contributed by atoms with E-state index in [1.807, 2.05) is 18.2 Å². The highest BCUT2D eigenvalue weighted by molar-refractivity contribution is 6.33. The zero-order chi connectivity index (χ0) is 14.1. The van der Waals surface area contributed by atoms with Crippen LogP contribution in [0.25, 0.3) is 0 Å². The van der Waals surface area contributed by atoms with Crippen molar-refractivity contribution in [1.82, 2.24) is 0 Å². The van der Waals surface area contributed by atoms with Crippen molar-refractivity contribution in [2.45, 2.75) is 25.2 Å². The van der Waals surface area contributed by atoms with Gasteiger partial charge >= 0.3 is 0 Å². The van der Waals surface area contributed by atoms with E-state index in [0.717, 1.165) is 5.56 Å². The number of hydrogen-bond acceptors (Lipinski definition) is 2. The number of benzene rings is 2. The molecule has 0 aliphatic heterocycles. The molecule has 0 radical (unpaired) electrons. The van der Waals surface area contributed by atoms with Gasteiger partial charge in [-0.15, -0.1) is 0 Å². The van der Waals surface area contributed by atoms with E-state index < -0.39 is 0 Å². The van der Waals surface area contributed by atoms with Gasteiger partial charge in [-0.2, -0.15) is 0 Å². The highest BCUT2D eigenvalue weighted by Crippen LogP contribution is 2.36. The van der Waals surface area contributed by atoms with E-state index in [4.69, 9.17) is 17.3 Å². The van der Waals surface area contributed by atoms with E-state index >= 15 is 0 Å². The number of nitrogen functional groups attached to an aromatic ring is 1. The van der Waals surface area contributed by atoms with Gasteiger partial charge in [-0.1, -0.05) is 36.2 Å². The fraction of sp³-hybridized carbons (Fsp3) is 0.235. The Kier molecular flexibility index (Phi) is 3.49. The highest BCUT2D eigenvalue weighted by Gasteiger charge is 2.20. The third-order valence-electron chi connectivity index (χ3n) is 3.98. The molecule has 2 aromatic carbocycles. The molecule has 0 aromatic heterocycles. The van der Waals surface area contributed by atoms with Crippen LogP contribution in [-0.4, -0.2) is 5.78 Å². The van der Waals surface area contributed by atoms with Crippen LogP contribution in [0.5, 0.6) is 0 Å². The van der Waals surface area contributed by atoms with Crippen molar-refractivity contribution in [2.75, 3.05) is 5.73 Å². The number of carbonyl (C=O) groups is 1. The van der Waals surface area contributed by atoms with Crippen molar-refractivity contribution in [1.29, 1.82) is 0 Å². The van der Waals surface area contributed by atoms with Crippen LogP contribution in [0.15, 0.2) is 42.5 Å². The maximum Gasteiger partial charge on any atom is 0.193 e. The van der Waals surface area contributed by atoms with E-state index in [1.165, 1.54) is 24.8 Å². The maximum absolute atomic E-state index is 12.5. The van der Waals surface area contributed by atoms with Gasteiger partial charge in [0, 0.05) is 11.1 Å². The van der Waals surface area contributed by atoms with Crippen molar-refractivity contribution in [2.24, 2.45) is 0 Å². The zero-order valence-electron chi connectivity index (χ0n) is 11.1. The molecule has 1 fully saturated rings. The van der Waals surface area contributed by atoms with Crippen molar-refractivity contribution in [3.63, 3.8) is 0 Å². The smallest absolute Gasteiger partial charge is 0.193 e. The minimum atomic E-state index is -0.00506. The molecular formula is C17H16ClNO. The van der Waals surface area contributed by atoms with Gasteiger partial charge < -0.3 is 5.73 Å². The molecule has 20 heavy (non-hydrogen) atoms. The summed E-state index contributed by atoms with van der Waals surface area (Å²) in [6.07, 6.45) is 3.74. The van der Waals surface area contributed by atoms with Crippen molar-refractivity contribution in [3.8, 4) is 0 Å². The maximum atomic E-state index is 12.5. The molecule has 102 valence electrons. The van der Waals surface area contributed by atoms with Gasteiger partial charge in [0.2, 0.25) is 0 Å². The molecule has 0 spiro atoms. The predicted octanol–water partition coefficient (Wildman–Crippen LogP) is 4.42. The Morgan fingerprint density at radius 2 is 1.85 bits per heavy atom. The van der Waals surface area contributed by atoms with Crippen LogP contribution in [0.3, 0.4) is 0 Å². The summed E-state index contributed by atoms with van der Waals surface area (Å²) in [7, 11) is 0. The van der Waals surface area contributed by atoms with Crippen LogP contribution < -0.4 is 5.73 Å². The van der Waals surface area contributed by atoms with Gasteiger partial charge in [0.1, 0.15) is 0 Å². The van der Waals surface area contributed by atoms with Gasteiger partial charge in [0.15, 0.2) is 5.78 Å². The molecule has 1 saturated carbocycles. The quantitative estimate of drug-likeness (QED) is 0.670. The average molecular weight is 286 g/mol. The van der Waals surface area contributed by atoms with Gasteiger partial charge in [-0.05, 0) is 48.6 Å². The molecule has 2 aromatic rings. The second kappa shape index (κ2) is 5.29. The lowest BCUT2D eigenvalue weighted by atomic mass is 9.79. The molecule has 1 aliphatic carbocycles. The molecular weight excluding hydrogens is 270 g/mol. The zero-order valence-corrected chi connectivity index (χ0v) is 11.9. The summed E-state index contributed by atoms with van der Waals surface area (Å²) < 4.78 is 0. The molecule has 2 nitrogen and oxygen atoms in total. The summed E-state index contributed by atoms with van der Waals surface area (Å²) in [4.78, 5) is 12.5. The summed E-state index contributed by atoms with van der Waals surface area (Å²) in [5.74, 6) is 0.618. The Labute approximate surface area is 123 Å². The third kappa shape index (κ3) is 2.44. The first-order valence-corrected chi connectivity index (χ1v) is 7.22. The molecule has 3 heteroatoms. The highest BCUT2D eigenvalue weighted by atomic mass is 35.5. The molecule has 1 aliphatic rings. The summed E-state index contributed by atoms with van der Waals surface area (Å²) in [5, 5.41) is 0.477. The standard InChI is InChI=1S/C17H16ClNO/c18-15-8-7-14(10-16(15)19)17(20)13-6-2-5-12(9-13)11-3-1-4-11/h2,5-11H,1,3-4,19H2. The minimum absolute atomic E-state index is 0.00506. The van der Waals surface area contributed by atoms with Crippen LogP contribution in [0, 0.1) is 0 Å². The van der Waals surface area contributed by atoms with Crippen LogP contribution in [0.4, 0.5) is 5.69 Å². The molecule has 0 bridgehead atoms. The molecule has 0 saturated heterocycles. The molecule has 0 unspecified atom stereocenters. The number of rotatable bonds is 3. The lowest BCUT2D eigenvalue weighted by molar-refractivity contribution is 0.103. The first kappa shape index (κ1) is 13.2. The fourth-order valence-corrected chi connectivity index (χ4v) is 2.64. The van der Waals surface area contributed by atoms with Gasteiger partial charge in [0.05, 0.1) is 10.7 Å². The van der Waals surface area contributed by atoms with Crippen molar-refractivity contribution < 1.29 is 4.79 Å². The third-order valence-corrected chi connectivity index (χ3v) is 4.33. The number of ketones is 1. The summed E-state index contributed by atoms with van der Waals surface area (Å²) in [5.41, 5.74) is 8.77. The van der Waals surface area contributed by atoms with Crippen LogP contribution in [0.2, 0.25) is 5.02 Å². The van der Waals surface area contributed by atoms with Crippen LogP contribution in [0.1, 0.15) is 46.7 Å². The number of halogens is 1. The van der Waals surface area contributed by atoms with E-state index in [2.05, 4.69) is 6.07 Å². The Morgan fingerprint density at radius 1 is 1.10 bits per heavy atom. The number of nitrogens with two attached hydrogens (primary N) is 1. The van der Waals surface area contributed by atoms with Crippen molar-refractivity contribution >= 4 is 23.1 Å². The summed E-state index contributed by atoms with van der Waals surface area (Å²) >= 11 is 5.89. The molecule has 0 heterocycles. The largest absolute Gasteiger partial charge is 0.398 e. The Bertz CT molecular complexity index is 662. The van der Waals surface area contributed by atoms with Gasteiger partial charge in [0.25, 0.3) is 0 Å². The molecule has 0 atom stereocenters. The number of anilines is 1. The Morgan fingerprint density at radius 3 is 2.50 bits per heavy atom. The average Bonchev–Trinajstić information content (AvgIpc) is 2.39. The van der Waals surface area contributed by atoms with E-state index in [9.17, 15) is 4.79 Å². The van der Waals surface area contributed by atoms with Gasteiger partial charge in [-0.3, -0.25) is 4.79 Å². The minimum Gasteiger partial charge on any atom is -0.398 e. The Hall–Kier alpha value is -1.80. The normalized spacial score (nSPS) is 14.8. The lowest BCUT2D eigenvalue weighted by Crippen LogP contribution is -2.10. The number of carbonyl (C=O) groups excluding carboxylic acids is 1. The van der Waals surface area contributed by atoms with E-state index in [-0.39, 0.29) is 5.78 Å². The number of hydrogen-bond donors (Lipinski definition) is 1. The van der Waals surface area contributed by atoms with Gasteiger partial charge in [-0.25, -0.2) is 0 Å².